The lowest BCUT2D eigenvalue weighted by atomic mass is 10.2. The van der Waals surface area contributed by atoms with Crippen LogP contribution in [0, 0.1) is 0 Å². The standard InChI is InChI=1S/C11H8BrClN4OS/c12-5-1-2-8(13)6(3-5)11(18)16-10-7(9(14)19)4-15-17-10/h1-4H,(H2,14,19)(H2,15,16,17,18). The molecule has 0 aliphatic heterocycles. The summed E-state index contributed by atoms with van der Waals surface area (Å²) in [6.07, 6.45) is 1.44. The van der Waals surface area contributed by atoms with E-state index in [0.717, 1.165) is 4.47 Å². The van der Waals surface area contributed by atoms with Gasteiger partial charge in [-0.25, -0.2) is 0 Å². The van der Waals surface area contributed by atoms with Crippen LogP contribution in [-0.4, -0.2) is 21.1 Å². The number of carbonyl (C=O) groups excluding carboxylic acids is 1. The molecule has 1 amide bonds. The van der Waals surface area contributed by atoms with Crippen molar-refractivity contribution >= 4 is 56.5 Å². The molecule has 98 valence electrons. The molecule has 19 heavy (non-hydrogen) atoms. The Morgan fingerprint density at radius 1 is 1.47 bits per heavy atom. The molecule has 2 aromatic rings. The third kappa shape index (κ3) is 3.12. The molecular formula is C11H8BrClN4OS. The first-order valence-electron chi connectivity index (χ1n) is 5.08. The van der Waals surface area contributed by atoms with Gasteiger partial charge in [-0.15, -0.1) is 0 Å². The number of H-pyrrole nitrogens is 1. The predicted molar refractivity (Wildman–Crippen MR) is 81.6 cm³/mol. The number of hydrogen-bond acceptors (Lipinski definition) is 3. The maximum atomic E-state index is 12.1. The number of rotatable bonds is 3. The highest BCUT2D eigenvalue weighted by atomic mass is 79.9. The first-order valence-corrected chi connectivity index (χ1v) is 6.66. The van der Waals surface area contributed by atoms with Crippen LogP contribution in [0.4, 0.5) is 5.82 Å². The summed E-state index contributed by atoms with van der Waals surface area (Å²) in [7, 11) is 0. The summed E-state index contributed by atoms with van der Waals surface area (Å²) in [5.74, 6) is -0.0402. The summed E-state index contributed by atoms with van der Waals surface area (Å²) in [4.78, 5) is 12.3. The van der Waals surface area contributed by atoms with Gasteiger partial charge < -0.3 is 11.1 Å². The SMILES string of the molecule is NC(=S)c1cn[nH]c1NC(=O)c1cc(Br)ccc1Cl. The van der Waals surface area contributed by atoms with E-state index < -0.39 is 0 Å². The van der Waals surface area contributed by atoms with E-state index in [9.17, 15) is 4.79 Å². The summed E-state index contributed by atoms with van der Waals surface area (Å²) >= 11 is 14.1. The molecule has 4 N–H and O–H groups in total. The molecule has 1 aromatic heterocycles. The highest BCUT2D eigenvalue weighted by Crippen LogP contribution is 2.22. The smallest absolute Gasteiger partial charge is 0.258 e. The average molecular weight is 360 g/mol. The Hall–Kier alpha value is -1.44. The van der Waals surface area contributed by atoms with Crippen molar-refractivity contribution < 1.29 is 4.79 Å². The van der Waals surface area contributed by atoms with E-state index in [1.165, 1.54) is 6.20 Å². The molecule has 0 aliphatic rings. The first kappa shape index (κ1) is 14.0. The molecule has 0 atom stereocenters. The normalized spacial score (nSPS) is 10.2. The quantitative estimate of drug-likeness (QED) is 0.736. The Bertz CT molecular complexity index is 658. The van der Waals surface area contributed by atoms with Crippen molar-refractivity contribution in [1.82, 2.24) is 10.2 Å². The molecule has 0 bridgehead atoms. The summed E-state index contributed by atoms with van der Waals surface area (Å²) in [6, 6.07) is 4.99. The molecule has 2 rings (SSSR count). The maximum Gasteiger partial charge on any atom is 0.258 e. The van der Waals surface area contributed by atoms with E-state index in [1.807, 2.05) is 0 Å². The van der Waals surface area contributed by atoms with E-state index in [0.29, 0.717) is 22.0 Å². The second kappa shape index (κ2) is 5.68. The van der Waals surface area contributed by atoms with Crippen LogP contribution in [0.25, 0.3) is 0 Å². The van der Waals surface area contributed by atoms with E-state index >= 15 is 0 Å². The number of nitrogens with zero attached hydrogens (tertiary/aromatic N) is 1. The van der Waals surface area contributed by atoms with Crippen molar-refractivity contribution in [2.45, 2.75) is 0 Å². The lowest BCUT2D eigenvalue weighted by molar-refractivity contribution is 0.102. The van der Waals surface area contributed by atoms with Crippen LogP contribution >= 0.6 is 39.7 Å². The van der Waals surface area contributed by atoms with Crippen LogP contribution in [0.1, 0.15) is 15.9 Å². The zero-order chi connectivity index (χ0) is 14.0. The number of aromatic amines is 1. The largest absolute Gasteiger partial charge is 0.389 e. The minimum atomic E-state index is -0.381. The van der Waals surface area contributed by atoms with Crippen LogP contribution in [-0.2, 0) is 0 Å². The second-order valence-electron chi connectivity index (χ2n) is 3.60. The van der Waals surface area contributed by atoms with E-state index in [-0.39, 0.29) is 10.9 Å². The molecular weight excluding hydrogens is 352 g/mol. The molecule has 0 saturated heterocycles. The van der Waals surface area contributed by atoms with E-state index in [1.54, 1.807) is 18.2 Å². The molecule has 1 heterocycles. The van der Waals surface area contributed by atoms with Gasteiger partial charge in [-0.3, -0.25) is 9.89 Å². The number of carbonyl (C=O) groups is 1. The van der Waals surface area contributed by atoms with E-state index in [2.05, 4.69) is 31.4 Å². The average Bonchev–Trinajstić information content (AvgIpc) is 2.80. The molecule has 8 heteroatoms. The Labute approximate surface area is 127 Å². The van der Waals surface area contributed by atoms with Gasteiger partial charge in [-0.05, 0) is 18.2 Å². The lowest BCUT2D eigenvalue weighted by Gasteiger charge is -2.07. The Morgan fingerprint density at radius 3 is 2.89 bits per heavy atom. The molecule has 0 spiro atoms. The number of hydrogen-bond donors (Lipinski definition) is 3. The fourth-order valence-electron chi connectivity index (χ4n) is 1.42. The van der Waals surface area contributed by atoms with Crippen molar-refractivity contribution in [2.75, 3.05) is 5.32 Å². The van der Waals surface area contributed by atoms with Crippen LogP contribution in [0.15, 0.2) is 28.9 Å². The monoisotopic (exact) mass is 358 g/mol. The van der Waals surface area contributed by atoms with Crippen molar-refractivity contribution in [3.63, 3.8) is 0 Å². The number of amides is 1. The number of halogens is 2. The Balaban J connectivity index is 2.28. The molecule has 1 aromatic carbocycles. The van der Waals surface area contributed by atoms with Gasteiger partial charge in [-0.1, -0.05) is 39.7 Å². The van der Waals surface area contributed by atoms with Crippen LogP contribution in [0.3, 0.4) is 0 Å². The van der Waals surface area contributed by atoms with Crippen molar-refractivity contribution in [3.8, 4) is 0 Å². The minimum absolute atomic E-state index is 0.143. The van der Waals surface area contributed by atoms with Gasteiger partial charge in [-0.2, -0.15) is 5.10 Å². The van der Waals surface area contributed by atoms with E-state index in [4.69, 9.17) is 29.6 Å². The van der Waals surface area contributed by atoms with Gasteiger partial charge in [0.15, 0.2) is 0 Å². The summed E-state index contributed by atoms with van der Waals surface area (Å²) < 4.78 is 0.751. The highest BCUT2D eigenvalue weighted by Gasteiger charge is 2.15. The number of thiocarbonyl (C=S) groups is 1. The lowest BCUT2D eigenvalue weighted by Crippen LogP contribution is -2.17. The van der Waals surface area contributed by atoms with Crippen LogP contribution in [0.5, 0.6) is 0 Å². The molecule has 0 aliphatic carbocycles. The molecule has 0 fully saturated rings. The number of aromatic nitrogens is 2. The number of nitrogens with one attached hydrogen (secondary N) is 2. The molecule has 0 saturated carbocycles. The summed E-state index contributed by atoms with van der Waals surface area (Å²) in [6.45, 7) is 0. The Kier molecular flexibility index (Phi) is 4.18. The fraction of sp³-hybridized carbons (Fsp3) is 0. The number of anilines is 1. The van der Waals surface area contributed by atoms with Gasteiger partial charge in [0.05, 0.1) is 22.3 Å². The van der Waals surface area contributed by atoms with Gasteiger partial charge >= 0.3 is 0 Å². The summed E-state index contributed by atoms with van der Waals surface area (Å²) in [5.41, 5.74) is 6.31. The molecule has 0 radical (unpaired) electrons. The third-order valence-corrected chi connectivity index (χ3v) is 3.36. The van der Waals surface area contributed by atoms with Gasteiger partial charge in [0.2, 0.25) is 0 Å². The van der Waals surface area contributed by atoms with Crippen LogP contribution in [0.2, 0.25) is 5.02 Å². The van der Waals surface area contributed by atoms with Crippen molar-refractivity contribution in [2.24, 2.45) is 5.73 Å². The minimum Gasteiger partial charge on any atom is -0.389 e. The summed E-state index contributed by atoms with van der Waals surface area (Å²) in [5, 5.41) is 9.37. The zero-order valence-corrected chi connectivity index (χ0v) is 12.6. The predicted octanol–water partition coefficient (Wildman–Crippen LogP) is 2.71. The maximum absolute atomic E-state index is 12.1. The number of nitrogens with two attached hydrogens (primary N) is 1. The second-order valence-corrected chi connectivity index (χ2v) is 5.36. The van der Waals surface area contributed by atoms with Gasteiger partial charge in [0.25, 0.3) is 5.91 Å². The van der Waals surface area contributed by atoms with Crippen LogP contribution < -0.4 is 11.1 Å². The third-order valence-electron chi connectivity index (χ3n) is 2.32. The highest BCUT2D eigenvalue weighted by molar-refractivity contribution is 9.10. The Morgan fingerprint density at radius 2 is 2.21 bits per heavy atom. The number of benzene rings is 1. The van der Waals surface area contributed by atoms with Gasteiger partial charge in [0, 0.05) is 4.47 Å². The van der Waals surface area contributed by atoms with Crippen molar-refractivity contribution in [3.05, 3.63) is 45.0 Å². The zero-order valence-electron chi connectivity index (χ0n) is 9.41. The topological polar surface area (TPSA) is 83.8 Å². The first-order chi connectivity index (χ1) is 8.99. The van der Waals surface area contributed by atoms with Crippen molar-refractivity contribution in [1.29, 1.82) is 0 Å². The fourth-order valence-corrected chi connectivity index (χ4v) is 2.14. The molecule has 5 nitrogen and oxygen atoms in total. The van der Waals surface area contributed by atoms with Gasteiger partial charge in [0.1, 0.15) is 10.8 Å². The molecule has 0 unspecified atom stereocenters.